The summed E-state index contributed by atoms with van der Waals surface area (Å²) in [6, 6.07) is 2.56. The van der Waals surface area contributed by atoms with Crippen molar-refractivity contribution < 1.29 is 32.7 Å². The fraction of sp³-hybridized carbons (Fsp3) is 0.0714. The molecular formula is C14H7F3N4O5. The number of nitro groups is 1. The quantitative estimate of drug-likeness (QED) is 0.409. The zero-order valence-corrected chi connectivity index (χ0v) is 12.4. The van der Waals surface area contributed by atoms with Crippen molar-refractivity contribution in [2.24, 2.45) is 0 Å². The van der Waals surface area contributed by atoms with E-state index in [0.29, 0.717) is 6.20 Å². The second-order valence-corrected chi connectivity index (χ2v) is 4.99. The van der Waals surface area contributed by atoms with E-state index in [-0.39, 0.29) is 22.9 Å². The Hall–Kier alpha value is -3.70. The minimum Gasteiger partial charge on any atom is -0.504 e. The summed E-state index contributed by atoms with van der Waals surface area (Å²) in [7, 11) is 0. The molecule has 2 heterocycles. The van der Waals surface area contributed by atoms with Gasteiger partial charge in [0.1, 0.15) is 0 Å². The number of nitro benzene ring substituents is 1. The van der Waals surface area contributed by atoms with Crippen molar-refractivity contribution in [1.82, 2.24) is 15.2 Å². The van der Waals surface area contributed by atoms with Gasteiger partial charge in [0, 0.05) is 24.0 Å². The van der Waals surface area contributed by atoms with Crippen molar-refractivity contribution >= 4 is 5.69 Å². The fourth-order valence-corrected chi connectivity index (χ4v) is 2.04. The number of benzene rings is 1. The van der Waals surface area contributed by atoms with E-state index in [0.717, 1.165) is 24.4 Å². The maximum Gasteiger partial charge on any atom is 0.417 e. The Bertz CT molecular complexity index is 1000. The molecule has 0 bridgehead atoms. The molecule has 0 radical (unpaired) electrons. The number of pyridine rings is 1. The maximum atomic E-state index is 12.7. The Balaban J connectivity index is 2.03. The highest BCUT2D eigenvalue weighted by Gasteiger charge is 2.31. The highest BCUT2D eigenvalue weighted by atomic mass is 19.4. The normalized spacial score (nSPS) is 11.5. The summed E-state index contributed by atoms with van der Waals surface area (Å²) in [4.78, 5) is 13.4. The number of nitrogens with zero attached hydrogens (tertiary/aromatic N) is 4. The van der Waals surface area contributed by atoms with Crippen LogP contribution in [0.25, 0.3) is 22.9 Å². The van der Waals surface area contributed by atoms with Crippen LogP contribution in [0.1, 0.15) is 5.56 Å². The number of aromatic hydroxyl groups is 2. The van der Waals surface area contributed by atoms with Crippen LogP contribution in [-0.2, 0) is 6.18 Å². The molecule has 0 atom stereocenters. The monoisotopic (exact) mass is 368 g/mol. The van der Waals surface area contributed by atoms with E-state index in [9.17, 15) is 33.5 Å². The Morgan fingerprint density at radius 2 is 1.69 bits per heavy atom. The van der Waals surface area contributed by atoms with Gasteiger partial charge in [0.05, 0.1) is 16.1 Å². The molecule has 2 N–H and O–H groups in total. The summed E-state index contributed by atoms with van der Waals surface area (Å²) in [5.74, 6) is -2.36. The standard InChI is InChI=1S/C14H7F3N4O5/c15-14(16,17)8-1-7(4-18-5-8)13-20-19-12(26-13)6-2-9(21(24)25)11(23)10(22)3-6/h1-5,22-23H. The van der Waals surface area contributed by atoms with Gasteiger partial charge in [-0.05, 0) is 12.1 Å². The van der Waals surface area contributed by atoms with Gasteiger partial charge in [-0.2, -0.15) is 13.2 Å². The van der Waals surface area contributed by atoms with Crippen molar-refractivity contribution in [2.45, 2.75) is 6.18 Å². The van der Waals surface area contributed by atoms with E-state index < -0.39 is 33.8 Å². The first kappa shape index (κ1) is 17.1. The van der Waals surface area contributed by atoms with Gasteiger partial charge in [0.15, 0.2) is 5.75 Å². The van der Waals surface area contributed by atoms with Crippen molar-refractivity contribution in [1.29, 1.82) is 0 Å². The maximum absolute atomic E-state index is 12.7. The minimum atomic E-state index is -4.62. The average molecular weight is 368 g/mol. The van der Waals surface area contributed by atoms with Crippen LogP contribution >= 0.6 is 0 Å². The summed E-state index contributed by atoms with van der Waals surface area (Å²) in [6.07, 6.45) is -2.92. The lowest BCUT2D eigenvalue weighted by Gasteiger charge is -2.05. The molecule has 0 aliphatic carbocycles. The van der Waals surface area contributed by atoms with Crippen molar-refractivity contribution in [2.75, 3.05) is 0 Å². The van der Waals surface area contributed by atoms with Crippen LogP contribution in [0.4, 0.5) is 18.9 Å². The van der Waals surface area contributed by atoms with Crippen LogP contribution in [0, 0.1) is 10.1 Å². The summed E-state index contributed by atoms with van der Waals surface area (Å²) in [5.41, 5.74) is -2.05. The average Bonchev–Trinajstić information content (AvgIpc) is 3.06. The molecule has 0 unspecified atom stereocenters. The molecule has 0 amide bonds. The Labute approximate surface area is 141 Å². The van der Waals surface area contributed by atoms with Crippen LogP contribution < -0.4 is 0 Å². The van der Waals surface area contributed by atoms with Crippen LogP contribution in [0.3, 0.4) is 0 Å². The third-order valence-corrected chi connectivity index (χ3v) is 3.25. The van der Waals surface area contributed by atoms with Gasteiger partial charge >= 0.3 is 11.9 Å². The van der Waals surface area contributed by atoms with E-state index in [1.54, 1.807) is 0 Å². The molecule has 9 nitrogen and oxygen atoms in total. The van der Waals surface area contributed by atoms with Crippen LogP contribution in [-0.4, -0.2) is 30.3 Å². The second kappa shape index (κ2) is 5.98. The molecule has 0 spiro atoms. The molecule has 0 fully saturated rings. The molecule has 26 heavy (non-hydrogen) atoms. The topological polar surface area (TPSA) is 135 Å². The summed E-state index contributed by atoms with van der Waals surface area (Å²) >= 11 is 0. The first-order valence-electron chi connectivity index (χ1n) is 6.73. The van der Waals surface area contributed by atoms with Gasteiger partial charge in [0.2, 0.25) is 17.5 Å². The van der Waals surface area contributed by atoms with E-state index in [1.807, 2.05) is 0 Å². The molecule has 3 rings (SSSR count). The van der Waals surface area contributed by atoms with Crippen molar-refractivity contribution in [3.8, 4) is 34.4 Å². The van der Waals surface area contributed by atoms with E-state index in [1.165, 1.54) is 0 Å². The first-order valence-corrected chi connectivity index (χ1v) is 6.73. The van der Waals surface area contributed by atoms with Gasteiger partial charge in [-0.15, -0.1) is 10.2 Å². The molecule has 0 aliphatic rings. The van der Waals surface area contributed by atoms with Crippen molar-refractivity contribution in [3.63, 3.8) is 0 Å². The Kier molecular flexibility index (Phi) is 3.94. The van der Waals surface area contributed by atoms with Gasteiger partial charge < -0.3 is 14.6 Å². The van der Waals surface area contributed by atoms with Crippen LogP contribution in [0.15, 0.2) is 35.0 Å². The zero-order chi connectivity index (χ0) is 19.1. The van der Waals surface area contributed by atoms with E-state index in [4.69, 9.17) is 4.42 Å². The van der Waals surface area contributed by atoms with Gasteiger partial charge in [-0.25, -0.2) is 0 Å². The predicted molar refractivity (Wildman–Crippen MR) is 78.0 cm³/mol. The number of phenols is 2. The van der Waals surface area contributed by atoms with Crippen molar-refractivity contribution in [3.05, 3.63) is 46.3 Å². The molecule has 3 aromatic rings. The number of halogens is 3. The van der Waals surface area contributed by atoms with Gasteiger partial charge in [-0.3, -0.25) is 15.1 Å². The number of aromatic nitrogens is 3. The van der Waals surface area contributed by atoms with Gasteiger partial charge in [-0.1, -0.05) is 0 Å². The van der Waals surface area contributed by atoms with Gasteiger partial charge in [0.25, 0.3) is 0 Å². The number of phenolic OH excluding ortho intramolecular Hbond substituents is 2. The Morgan fingerprint density at radius 3 is 2.31 bits per heavy atom. The van der Waals surface area contributed by atoms with Crippen LogP contribution in [0.5, 0.6) is 11.5 Å². The highest BCUT2D eigenvalue weighted by Crippen LogP contribution is 2.39. The molecular weight excluding hydrogens is 361 g/mol. The van der Waals surface area contributed by atoms with E-state index in [2.05, 4.69) is 15.2 Å². The summed E-state index contributed by atoms with van der Waals surface area (Å²) in [6.45, 7) is 0. The lowest BCUT2D eigenvalue weighted by Crippen LogP contribution is -2.05. The van der Waals surface area contributed by atoms with E-state index >= 15 is 0 Å². The Morgan fingerprint density at radius 1 is 1.04 bits per heavy atom. The molecule has 1 aromatic carbocycles. The fourth-order valence-electron chi connectivity index (χ4n) is 2.04. The molecule has 0 aliphatic heterocycles. The summed E-state index contributed by atoms with van der Waals surface area (Å²) < 4.78 is 43.4. The molecule has 12 heteroatoms. The largest absolute Gasteiger partial charge is 0.504 e. The highest BCUT2D eigenvalue weighted by molar-refractivity contribution is 5.68. The molecule has 2 aromatic heterocycles. The summed E-state index contributed by atoms with van der Waals surface area (Å²) in [5, 5.41) is 37.0. The SMILES string of the molecule is O=[N+]([O-])c1cc(-c2nnc(-c3cncc(C(F)(F)F)c3)o2)cc(O)c1O. The second-order valence-electron chi connectivity index (χ2n) is 4.99. The zero-order valence-electron chi connectivity index (χ0n) is 12.4. The number of hydrogen-bond acceptors (Lipinski definition) is 8. The lowest BCUT2D eigenvalue weighted by molar-refractivity contribution is -0.385. The molecule has 134 valence electrons. The molecule has 0 saturated carbocycles. The number of hydrogen-bond donors (Lipinski definition) is 2. The molecule has 0 saturated heterocycles. The first-order chi connectivity index (χ1) is 12.2. The minimum absolute atomic E-state index is 0.106. The third-order valence-electron chi connectivity index (χ3n) is 3.25. The number of rotatable bonds is 3. The lowest BCUT2D eigenvalue weighted by atomic mass is 10.1. The predicted octanol–water partition coefficient (Wildman–Crippen LogP) is 3.14. The van der Waals surface area contributed by atoms with Crippen LogP contribution in [0.2, 0.25) is 0 Å². The third kappa shape index (κ3) is 3.11. The smallest absolute Gasteiger partial charge is 0.417 e. The number of alkyl halides is 3.